The molecule has 2 fully saturated rings. The molecule has 5 heteroatoms. The molecule has 5 nitrogen and oxygen atoms in total. The number of hydrogen-bond acceptors (Lipinski definition) is 4. The summed E-state index contributed by atoms with van der Waals surface area (Å²) in [5, 5.41) is 9.59. The highest BCUT2D eigenvalue weighted by atomic mass is 16.5. The Hall–Kier alpha value is -1.98. The van der Waals surface area contributed by atoms with Crippen molar-refractivity contribution in [3.8, 4) is 0 Å². The highest BCUT2D eigenvalue weighted by Gasteiger charge is 2.67. The summed E-state index contributed by atoms with van der Waals surface area (Å²) in [6, 6.07) is 8.88. The lowest BCUT2D eigenvalue weighted by atomic mass is 9.77. The third-order valence-electron chi connectivity index (χ3n) is 4.42. The van der Waals surface area contributed by atoms with Gasteiger partial charge in [-0.2, -0.15) is 0 Å². The number of imide groups is 1. The number of ether oxygens (including phenoxy) is 1. The van der Waals surface area contributed by atoms with E-state index in [1.165, 1.54) is 4.90 Å². The molecule has 0 radical (unpaired) electrons. The number of carbonyl (C=O) groups excluding carboxylic acids is 2. The molecular formula is C15H13NO4. The minimum absolute atomic E-state index is 0.240. The van der Waals surface area contributed by atoms with Crippen molar-refractivity contribution in [2.45, 2.75) is 11.7 Å². The van der Waals surface area contributed by atoms with Crippen LogP contribution in [0.4, 0.5) is 5.69 Å². The van der Waals surface area contributed by atoms with Gasteiger partial charge in [0.1, 0.15) is 5.60 Å². The molecule has 0 aromatic heterocycles. The van der Waals surface area contributed by atoms with Gasteiger partial charge in [0, 0.05) is 0 Å². The summed E-state index contributed by atoms with van der Waals surface area (Å²) >= 11 is 0. The predicted molar refractivity (Wildman–Crippen MR) is 69.7 cm³/mol. The summed E-state index contributed by atoms with van der Waals surface area (Å²) in [6.07, 6.45) is 3.09. The topological polar surface area (TPSA) is 66.8 Å². The van der Waals surface area contributed by atoms with Gasteiger partial charge in [0.25, 0.3) is 0 Å². The first-order chi connectivity index (χ1) is 9.68. The number of rotatable bonds is 2. The Morgan fingerprint density at radius 1 is 1.20 bits per heavy atom. The van der Waals surface area contributed by atoms with E-state index in [1.54, 1.807) is 36.4 Å². The number of carbonyl (C=O) groups is 2. The minimum Gasteiger partial charge on any atom is -0.393 e. The molecule has 102 valence electrons. The lowest BCUT2D eigenvalue weighted by Gasteiger charge is -2.26. The highest BCUT2D eigenvalue weighted by molar-refractivity contribution is 6.23. The molecule has 2 amide bonds. The lowest BCUT2D eigenvalue weighted by Crippen LogP contribution is -2.43. The van der Waals surface area contributed by atoms with Gasteiger partial charge >= 0.3 is 0 Å². The molecule has 3 aliphatic rings. The molecule has 4 rings (SSSR count). The van der Waals surface area contributed by atoms with Gasteiger partial charge in [0.15, 0.2) is 0 Å². The largest absolute Gasteiger partial charge is 0.393 e. The molecule has 2 saturated heterocycles. The fraction of sp³-hybridized carbons (Fsp3) is 0.333. The first-order valence-electron chi connectivity index (χ1n) is 6.59. The first-order valence-corrected chi connectivity index (χ1v) is 6.59. The van der Waals surface area contributed by atoms with Crippen LogP contribution in [0.2, 0.25) is 0 Å². The Kier molecular flexibility index (Phi) is 2.23. The average Bonchev–Trinajstić information content (AvgIpc) is 3.11. The van der Waals surface area contributed by atoms with Gasteiger partial charge in [-0.3, -0.25) is 9.59 Å². The van der Waals surface area contributed by atoms with Crippen molar-refractivity contribution >= 4 is 17.5 Å². The predicted octanol–water partition coefficient (Wildman–Crippen LogP) is 0.492. The Bertz CT molecular complexity index is 626. The quantitative estimate of drug-likeness (QED) is 0.628. The SMILES string of the molecule is O=C1[C@H]2[C@H]3C=C[C@@](CO)(O3)[C@H]2C(=O)N1c1ccccc1. The zero-order chi connectivity index (χ0) is 13.9. The second-order valence-corrected chi connectivity index (χ2v) is 5.41. The number of aliphatic hydroxyl groups excluding tert-OH is 1. The molecule has 1 aromatic rings. The summed E-state index contributed by atoms with van der Waals surface area (Å²) in [5.41, 5.74) is -0.449. The van der Waals surface area contributed by atoms with E-state index >= 15 is 0 Å². The van der Waals surface area contributed by atoms with Gasteiger partial charge in [-0.05, 0) is 12.1 Å². The zero-order valence-electron chi connectivity index (χ0n) is 10.6. The van der Waals surface area contributed by atoms with Crippen molar-refractivity contribution < 1.29 is 19.4 Å². The molecule has 1 N–H and O–H groups in total. The second kappa shape index (κ2) is 3.77. The van der Waals surface area contributed by atoms with E-state index in [1.807, 2.05) is 6.07 Å². The van der Waals surface area contributed by atoms with E-state index < -0.39 is 23.5 Å². The zero-order valence-corrected chi connectivity index (χ0v) is 10.6. The maximum atomic E-state index is 12.6. The van der Waals surface area contributed by atoms with Gasteiger partial charge in [-0.1, -0.05) is 30.4 Å². The molecule has 4 atom stereocenters. The average molecular weight is 271 g/mol. The molecule has 0 unspecified atom stereocenters. The minimum atomic E-state index is -1.02. The third-order valence-corrected chi connectivity index (χ3v) is 4.42. The number of benzene rings is 1. The van der Waals surface area contributed by atoms with Crippen LogP contribution >= 0.6 is 0 Å². The standard InChI is InChI=1S/C15H13NO4/c17-8-15-7-6-10(20-15)11-12(15)14(19)16(13(11)18)9-4-2-1-3-5-9/h1-7,10-12,17H,8H2/t10-,11+,12-,15+/m1/s1. The second-order valence-electron chi connectivity index (χ2n) is 5.41. The Labute approximate surface area is 115 Å². The van der Waals surface area contributed by atoms with Crippen LogP contribution in [-0.4, -0.2) is 35.2 Å². The molecule has 3 aliphatic heterocycles. The summed E-state index contributed by atoms with van der Waals surface area (Å²) in [6.45, 7) is -0.289. The van der Waals surface area contributed by atoms with Gasteiger partial charge in [0.05, 0.1) is 30.2 Å². The number of para-hydroxylation sites is 1. The summed E-state index contributed by atoms with van der Waals surface area (Å²) in [5.74, 6) is -1.65. The lowest BCUT2D eigenvalue weighted by molar-refractivity contribution is -0.128. The molecule has 0 saturated carbocycles. The van der Waals surface area contributed by atoms with Crippen molar-refractivity contribution in [1.29, 1.82) is 0 Å². The fourth-order valence-corrected chi connectivity index (χ4v) is 3.52. The molecule has 2 bridgehead atoms. The number of anilines is 1. The van der Waals surface area contributed by atoms with E-state index in [4.69, 9.17) is 4.74 Å². The maximum absolute atomic E-state index is 12.6. The normalized spacial score (nSPS) is 37.9. The van der Waals surface area contributed by atoms with Crippen LogP contribution < -0.4 is 4.90 Å². The molecular weight excluding hydrogens is 258 g/mol. The van der Waals surface area contributed by atoms with Gasteiger partial charge in [0.2, 0.25) is 11.8 Å². The van der Waals surface area contributed by atoms with Crippen molar-refractivity contribution in [3.05, 3.63) is 42.5 Å². The van der Waals surface area contributed by atoms with E-state index in [0.29, 0.717) is 5.69 Å². The van der Waals surface area contributed by atoms with Crippen LogP contribution in [0.1, 0.15) is 0 Å². The number of fused-ring (bicyclic) bond motifs is 5. The van der Waals surface area contributed by atoms with Crippen molar-refractivity contribution in [2.24, 2.45) is 11.8 Å². The van der Waals surface area contributed by atoms with Gasteiger partial charge in [-0.25, -0.2) is 4.90 Å². The third kappa shape index (κ3) is 1.24. The van der Waals surface area contributed by atoms with Crippen LogP contribution in [0, 0.1) is 11.8 Å². The number of hydrogen-bond donors (Lipinski definition) is 1. The van der Waals surface area contributed by atoms with Crippen LogP contribution in [0.5, 0.6) is 0 Å². The smallest absolute Gasteiger partial charge is 0.241 e. The first kappa shape index (κ1) is 11.8. The van der Waals surface area contributed by atoms with Gasteiger partial charge in [-0.15, -0.1) is 0 Å². The summed E-state index contributed by atoms with van der Waals surface area (Å²) < 4.78 is 5.67. The molecule has 3 heterocycles. The van der Waals surface area contributed by atoms with E-state index in [0.717, 1.165) is 0 Å². The summed E-state index contributed by atoms with van der Waals surface area (Å²) in [4.78, 5) is 26.4. The monoisotopic (exact) mass is 271 g/mol. The summed E-state index contributed by atoms with van der Waals surface area (Å²) in [7, 11) is 0. The van der Waals surface area contributed by atoms with Crippen LogP contribution in [0.25, 0.3) is 0 Å². The highest BCUT2D eigenvalue weighted by Crippen LogP contribution is 2.52. The van der Waals surface area contributed by atoms with Crippen LogP contribution in [0.15, 0.2) is 42.5 Å². The fourth-order valence-electron chi connectivity index (χ4n) is 3.52. The van der Waals surface area contributed by atoms with Crippen molar-refractivity contribution in [1.82, 2.24) is 0 Å². The van der Waals surface area contributed by atoms with Crippen LogP contribution in [-0.2, 0) is 14.3 Å². The van der Waals surface area contributed by atoms with E-state index in [-0.39, 0.29) is 18.4 Å². The van der Waals surface area contributed by atoms with Crippen molar-refractivity contribution in [3.63, 3.8) is 0 Å². The van der Waals surface area contributed by atoms with Crippen molar-refractivity contribution in [2.75, 3.05) is 11.5 Å². The number of aliphatic hydroxyl groups is 1. The Morgan fingerprint density at radius 2 is 1.95 bits per heavy atom. The molecule has 0 aliphatic carbocycles. The Morgan fingerprint density at radius 3 is 2.65 bits per heavy atom. The number of amides is 2. The van der Waals surface area contributed by atoms with Gasteiger partial charge < -0.3 is 9.84 Å². The van der Waals surface area contributed by atoms with Crippen LogP contribution in [0.3, 0.4) is 0 Å². The maximum Gasteiger partial charge on any atom is 0.241 e. The van der Waals surface area contributed by atoms with E-state index in [2.05, 4.69) is 0 Å². The van der Waals surface area contributed by atoms with E-state index in [9.17, 15) is 14.7 Å². The Balaban J connectivity index is 1.79. The molecule has 1 aromatic carbocycles. The molecule has 0 spiro atoms. The number of nitrogens with zero attached hydrogens (tertiary/aromatic N) is 1. The molecule has 20 heavy (non-hydrogen) atoms.